The third-order valence-electron chi connectivity index (χ3n) is 5.65. The van der Waals surface area contributed by atoms with Gasteiger partial charge in [-0.05, 0) is 61.7 Å². The zero-order valence-corrected chi connectivity index (χ0v) is 19.8. The molecule has 6 nitrogen and oxygen atoms in total. The zero-order valence-electron chi connectivity index (χ0n) is 19.8. The maximum absolute atomic E-state index is 13.4. The molecule has 2 amide bonds. The Morgan fingerprint density at radius 3 is 2.18 bits per heavy atom. The minimum absolute atomic E-state index is 0.136. The van der Waals surface area contributed by atoms with E-state index in [4.69, 9.17) is 9.47 Å². The molecule has 0 saturated carbocycles. The molecule has 1 N–H and O–H groups in total. The number of hydrogen-bond donors (Lipinski definition) is 1. The summed E-state index contributed by atoms with van der Waals surface area (Å²) in [6.45, 7) is 6.31. The van der Waals surface area contributed by atoms with Crippen molar-refractivity contribution in [2.24, 2.45) is 0 Å². The standard InChI is InChI=1S/C28H28N2O4/c1-18-9-11-21(12-10-18)25-26(29-23-7-5-6-8-24(23)33-4)28(32)30(27(25)31)13-14-34-22-16-19(2)15-20(3)17-22/h5-12,15-17,29H,13-14H2,1-4H3. The topological polar surface area (TPSA) is 67.9 Å². The predicted molar refractivity (Wildman–Crippen MR) is 133 cm³/mol. The maximum Gasteiger partial charge on any atom is 0.278 e. The van der Waals surface area contributed by atoms with Gasteiger partial charge in [0.1, 0.15) is 23.8 Å². The lowest BCUT2D eigenvalue weighted by Crippen LogP contribution is -2.36. The average Bonchev–Trinajstić information content (AvgIpc) is 3.03. The fraction of sp³-hybridized carbons (Fsp3) is 0.214. The Morgan fingerprint density at radius 2 is 1.50 bits per heavy atom. The molecule has 0 saturated heterocycles. The van der Waals surface area contributed by atoms with E-state index in [9.17, 15) is 9.59 Å². The molecule has 174 valence electrons. The van der Waals surface area contributed by atoms with E-state index in [-0.39, 0.29) is 24.8 Å². The molecular weight excluding hydrogens is 428 g/mol. The van der Waals surface area contributed by atoms with Gasteiger partial charge in [-0.1, -0.05) is 48.0 Å². The third-order valence-corrected chi connectivity index (χ3v) is 5.65. The van der Waals surface area contributed by atoms with Gasteiger partial charge in [0, 0.05) is 0 Å². The van der Waals surface area contributed by atoms with Gasteiger partial charge in [0.25, 0.3) is 11.8 Å². The summed E-state index contributed by atoms with van der Waals surface area (Å²) in [6.07, 6.45) is 0. The van der Waals surface area contributed by atoms with E-state index < -0.39 is 5.91 Å². The number of para-hydroxylation sites is 2. The van der Waals surface area contributed by atoms with Crippen molar-refractivity contribution in [2.75, 3.05) is 25.6 Å². The number of nitrogens with zero attached hydrogens (tertiary/aromatic N) is 1. The summed E-state index contributed by atoms with van der Waals surface area (Å²) in [7, 11) is 1.56. The highest BCUT2D eigenvalue weighted by Crippen LogP contribution is 2.33. The van der Waals surface area contributed by atoms with Crippen molar-refractivity contribution in [1.29, 1.82) is 0 Å². The van der Waals surface area contributed by atoms with Gasteiger partial charge in [-0.2, -0.15) is 0 Å². The normalized spacial score (nSPS) is 13.5. The molecule has 0 fully saturated rings. The molecule has 6 heteroatoms. The minimum atomic E-state index is -0.393. The van der Waals surface area contributed by atoms with Crippen molar-refractivity contribution in [2.45, 2.75) is 20.8 Å². The van der Waals surface area contributed by atoms with Crippen LogP contribution in [-0.2, 0) is 9.59 Å². The molecule has 1 heterocycles. The molecule has 0 unspecified atom stereocenters. The molecule has 0 spiro atoms. The molecule has 34 heavy (non-hydrogen) atoms. The van der Waals surface area contributed by atoms with Crippen LogP contribution in [0.1, 0.15) is 22.3 Å². The number of benzene rings is 3. The summed E-state index contributed by atoms with van der Waals surface area (Å²) in [5, 5.41) is 3.16. The van der Waals surface area contributed by atoms with Crippen LogP contribution < -0.4 is 14.8 Å². The first kappa shape index (κ1) is 23.1. The van der Waals surface area contributed by atoms with E-state index >= 15 is 0 Å². The van der Waals surface area contributed by atoms with Gasteiger partial charge in [-0.15, -0.1) is 0 Å². The number of rotatable bonds is 8. The lowest BCUT2D eigenvalue weighted by molar-refractivity contribution is -0.137. The van der Waals surface area contributed by atoms with E-state index in [1.165, 1.54) is 4.90 Å². The van der Waals surface area contributed by atoms with Crippen LogP contribution in [0.25, 0.3) is 5.57 Å². The molecule has 0 bridgehead atoms. The average molecular weight is 457 g/mol. The number of hydrogen-bond acceptors (Lipinski definition) is 5. The van der Waals surface area contributed by atoms with E-state index in [0.717, 1.165) is 22.4 Å². The quantitative estimate of drug-likeness (QED) is 0.489. The maximum atomic E-state index is 13.4. The number of nitrogens with one attached hydrogen (secondary N) is 1. The SMILES string of the molecule is COc1ccccc1NC1=C(c2ccc(C)cc2)C(=O)N(CCOc2cc(C)cc(C)c2)C1=O. The first-order valence-electron chi connectivity index (χ1n) is 11.2. The van der Waals surface area contributed by atoms with Crippen LogP contribution in [0.3, 0.4) is 0 Å². The number of anilines is 1. The van der Waals surface area contributed by atoms with E-state index in [1.807, 2.05) is 75.4 Å². The van der Waals surface area contributed by atoms with Crippen LogP contribution in [0, 0.1) is 20.8 Å². The number of imide groups is 1. The molecule has 1 aliphatic rings. The highest BCUT2D eigenvalue weighted by atomic mass is 16.5. The number of aryl methyl sites for hydroxylation is 3. The van der Waals surface area contributed by atoms with Crippen LogP contribution in [0.15, 0.2) is 72.4 Å². The summed E-state index contributed by atoms with van der Waals surface area (Å²) in [5.41, 5.74) is 5.11. The Hall–Kier alpha value is -4.06. The summed E-state index contributed by atoms with van der Waals surface area (Å²) >= 11 is 0. The first-order valence-corrected chi connectivity index (χ1v) is 11.2. The van der Waals surface area contributed by atoms with Gasteiger partial charge in [0.05, 0.1) is 24.9 Å². The smallest absolute Gasteiger partial charge is 0.278 e. The second-order valence-corrected chi connectivity index (χ2v) is 8.38. The summed E-state index contributed by atoms with van der Waals surface area (Å²) in [5.74, 6) is 0.552. The van der Waals surface area contributed by atoms with Crippen LogP contribution in [-0.4, -0.2) is 37.0 Å². The molecule has 3 aromatic carbocycles. The second-order valence-electron chi connectivity index (χ2n) is 8.38. The van der Waals surface area contributed by atoms with E-state index in [0.29, 0.717) is 22.6 Å². The van der Waals surface area contributed by atoms with Crippen molar-refractivity contribution in [1.82, 2.24) is 4.90 Å². The van der Waals surface area contributed by atoms with Gasteiger partial charge in [-0.25, -0.2) is 0 Å². The van der Waals surface area contributed by atoms with Crippen LogP contribution in [0.4, 0.5) is 5.69 Å². The fourth-order valence-electron chi connectivity index (χ4n) is 4.04. The summed E-state index contributed by atoms with van der Waals surface area (Å²) < 4.78 is 11.3. The number of carbonyl (C=O) groups is 2. The Morgan fingerprint density at radius 1 is 0.824 bits per heavy atom. The monoisotopic (exact) mass is 456 g/mol. The Labute approximate surface area is 199 Å². The summed E-state index contributed by atoms with van der Waals surface area (Å²) in [4.78, 5) is 28.1. The largest absolute Gasteiger partial charge is 0.495 e. The van der Waals surface area contributed by atoms with Gasteiger partial charge in [-0.3, -0.25) is 14.5 Å². The summed E-state index contributed by atoms with van der Waals surface area (Å²) in [6, 6.07) is 20.8. The van der Waals surface area contributed by atoms with Crippen molar-refractivity contribution in [3.63, 3.8) is 0 Å². The molecule has 0 radical (unpaired) electrons. The number of carbonyl (C=O) groups excluding carboxylic acids is 2. The van der Waals surface area contributed by atoms with E-state index in [1.54, 1.807) is 13.2 Å². The van der Waals surface area contributed by atoms with Gasteiger partial charge in [0.2, 0.25) is 0 Å². The molecular formula is C28H28N2O4. The van der Waals surface area contributed by atoms with Crippen LogP contribution in [0.5, 0.6) is 11.5 Å². The van der Waals surface area contributed by atoms with Crippen molar-refractivity contribution < 1.29 is 19.1 Å². The Bertz CT molecular complexity index is 1240. The van der Waals surface area contributed by atoms with Gasteiger partial charge < -0.3 is 14.8 Å². The molecule has 1 aliphatic heterocycles. The number of ether oxygens (including phenoxy) is 2. The highest BCUT2D eigenvalue weighted by Gasteiger charge is 2.39. The lowest BCUT2D eigenvalue weighted by atomic mass is 10.0. The zero-order chi connectivity index (χ0) is 24.2. The van der Waals surface area contributed by atoms with Crippen molar-refractivity contribution >= 4 is 23.1 Å². The lowest BCUT2D eigenvalue weighted by Gasteiger charge is -2.16. The Kier molecular flexibility index (Phi) is 6.68. The third kappa shape index (κ3) is 4.81. The molecule has 0 atom stereocenters. The Balaban J connectivity index is 1.61. The van der Waals surface area contributed by atoms with E-state index in [2.05, 4.69) is 11.4 Å². The molecule has 0 aliphatic carbocycles. The van der Waals surface area contributed by atoms with Crippen LogP contribution in [0.2, 0.25) is 0 Å². The number of amides is 2. The second kappa shape index (κ2) is 9.83. The first-order chi connectivity index (χ1) is 16.4. The molecule has 3 aromatic rings. The fourth-order valence-corrected chi connectivity index (χ4v) is 4.04. The molecule has 4 rings (SSSR count). The van der Waals surface area contributed by atoms with Crippen molar-refractivity contribution in [3.8, 4) is 11.5 Å². The van der Waals surface area contributed by atoms with Gasteiger partial charge in [0.15, 0.2) is 0 Å². The van der Waals surface area contributed by atoms with Crippen LogP contribution >= 0.6 is 0 Å². The number of methoxy groups -OCH3 is 1. The minimum Gasteiger partial charge on any atom is -0.495 e. The molecule has 0 aromatic heterocycles. The van der Waals surface area contributed by atoms with Crippen molar-refractivity contribution in [3.05, 3.63) is 94.7 Å². The highest BCUT2D eigenvalue weighted by molar-refractivity contribution is 6.36. The van der Waals surface area contributed by atoms with Gasteiger partial charge >= 0.3 is 0 Å². The predicted octanol–water partition coefficient (Wildman–Crippen LogP) is 4.89.